The molecule has 0 aliphatic carbocycles. The van der Waals surface area contributed by atoms with Crippen molar-refractivity contribution in [2.75, 3.05) is 0 Å². The van der Waals surface area contributed by atoms with Crippen LogP contribution in [0, 0.1) is 0 Å². The summed E-state index contributed by atoms with van der Waals surface area (Å²) in [6.45, 7) is 5.74. The number of carboxylic acids is 1. The van der Waals surface area contributed by atoms with E-state index in [1.807, 2.05) is 20.8 Å². The number of halogens is 2. The lowest BCUT2D eigenvalue weighted by atomic mass is 9.90. The largest absolute Gasteiger partial charge is 0.476 e. The van der Waals surface area contributed by atoms with Crippen LogP contribution in [0.3, 0.4) is 0 Å². The summed E-state index contributed by atoms with van der Waals surface area (Å²) in [5.41, 5.74) is 0.736. The SMILES string of the molecule is CC(C)(C)c1c(C(=O)O)nnn1-c1ccc(Br)c(Cl)c1. The Morgan fingerprint density at radius 1 is 1.40 bits per heavy atom. The Balaban J connectivity index is 2.68. The van der Waals surface area contributed by atoms with E-state index >= 15 is 0 Å². The second-order valence-corrected chi connectivity index (χ2v) is 6.61. The number of aromatic nitrogens is 3. The second-order valence-electron chi connectivity index (χ2n) is 5.35. The Hall–Kier alpha value is -1.40. The Kier molecular flexibility index (Phi) is 3.88. The number of rotatable bonds is 2. The summed E-state index contributed by atoms with van der Waals surface area (Å²) in [5.74, 6) is -1.09. The van der Waals surface area contributed by atoms with Crippen molar-refractivity contribution in [1.82, 2.24) is 15.0 Å². The first kappa shape index (κ1) is 15.0. The van der Waals surface area contributed by atoms with Crippen LogP contribution in [0.4, 0.5) is 0 Å². The molecule has 0 spiro atoms. The van der Waals surface area contributed by atoms with Crippen LogP contribution in [-0.2, 0) is 5.41 Å². The first-order valence-electron chi connectivity index (χ1n) is 5.86. The van der Waals surface area contributed by atoms with E-state index in [0.29, 0.717) is 16.4 Å². The molecule has 0 atom stereocenters. The van der Waals surface area contributed by atoms with Gasteiger partial charge in [-0.25, -0.2) is 9.48 Å². The van der Waals surface area contributed by atoms with Crippen LogP contribution in [0.5, 0.6) is 0 Å². The zero-order valence-electron chi connectivity index (χ0n) is 11.2. The molecule has 0 fully saturated rings. The Morgan fingerprint density at radius 2 is 2.05 bits per heavy atom. The molecule has 1 aromatic carbocycles. The average Bonchev–Trinajstić information content (AvgIpc) is 2.77. The van der Waals surface area contributed by atoms with E-state index in [1.165, 1.54) is 4.68 Å². The Bertz CT molecular complexity index is 677. The van der Waals surface area contributed by atoms with Gasteiger partial charge in [0.15, 0.2) is 5.69 Å². The van der Waals surface area contributed by atoms with Crippen molar-refractivity contribution in [3.05, 3.63) is 39.1 Å². The van der Waals surface area contributed by atoms with Gasteiger partial charge in [0, 0.05) is 9.89 Å². The quantitative estimate of drug-likeness (QED) is 0.889. The minimum Gasteiger partial charge on any atom is -0.476 e. The molecule has 0 saturated heterocycles. The number of hydrogen-bond acceptors (Lipinski definition) is 3. The molecule has 0 radical (unpaired) electrons. The highest BCUT2D eigenvalue weighted by atomic mass is 79.9. The predicted octanol–water partition coefficient (Wildman–Crippen LogP) is 3.68. The summed E-state index contributed by atoms with van der Waals surface area (Å²) >= 11 is 9.39. The summed E-state index contributed by atoms with van der Waals surface area (Å²) < 4.78 is 2.28. The van der Waals surface area contributed by atoms with Gasteiger partial charge in [0.25, 0.3) is 0 Å². The van der Waals surface area contributed by atoms with E-state index in [4.69, 9.17) is 11.6 Å². The highest BCUT2D eigenvalue weighted by molar-refractivity contribution is 9.10. The Labute approximate surface area is 129 Å². The normalized spacial score (nSPS) is 11.7. The van der Waals surface area contributed by atoms with Crippen molar-refractivity contribution in [1.29, 1.82) is 0 Å². The molecule has 2 rings (SSSR count). The molecular weight excluding hydrogens is 346 g/mol. The van der Waals surface area contributed by atoms with Gasteiger partial charge < -0.3 is 5.11 Å². The molecule has 2 aromatic rings. The minimum atomic E-state index is -1.09. The third-order valence-corrected chi connectivity index (χ3v) is 3.96. The van der Waals surface area contributed by atoms with Crippen LogP contribution in [0.1, 0.15) is 37.0 Å². The van der Waals surface area contributed by atoms with E-state index in [2.05, 4.69) is 26.2 Å². The fraction of sp³-hybridized carbons (Fsp3) is 0.308. The van der Waals surface area contributed by atoms with Crippen molar-refractivity contribution in [2.45, 2.75) is 26.2 Å². The van der Waals surface area contributed by atoms with Crippen LogP contribution in [0.2, 0.25) is 5.02 Å². The van der Waals surface area contributed by atoms with Crippen molar-refractivity contribution < 1.29 is 9.90 Å². The van der Waals surface area contributed by atoms with E-state index in [9.17, 15) is 9.90 Å². The van der Waals surface area contributed by atoms with Crippen LogP contribution < -0.4 is 0 Å². The molecule has 0 saturated carbocycles. The number of carbonyl (C=O) groups is 1. The Morgan fingerprint density at radius 3 is 2.55 bits per heavy atom. The van der Waals surface area contributed by atoms with Gasteiger partial charge in [-0.1, -0.05) is 37.6 Å². The number of nitrogens with zero attached hydrogens (tertiary/aromatic N) is 3. The van der Waals surface area contributed by atoms with Gasteiger partial charge in [-0.05, 0) is 34.1 Å². The van der Waals surface area contributed by atoms with Crippen LogP contribution in [0.25, 0.3) is 5.69 Å². The van der Waals surface area contributed by atoms with Gasteiger partial charge in [-0.2, -0.15) is 0 Å². The topological polar surface area (TPSA) is 68.0 Å². The standard InChI is InChI=1S/C13H13BrClN3O2/c1-13(2,3)11-10(12(19)20)16-17-18(11)7-4-5-8(14)9(15)6-7/h4-6H,1-3H3,(H,19,20). The molecule has 0 aliphatic heterocycles. The third-order valence-electron chi connectivity index (χ3n) is 2.73. The zero-order chi connectivity index (χ0) is 15.1. The first-order chi connectivity index (χ1) is 9.21. The summed E-state index contributed by atoms with van der Waals surface area (Å²) in [6.07, 6.45) is 0. The van der Waals surface area contributed by atoms with Crippen molar-refractivity contribution >= 4 is 33.5 Å². The van der Waals surface area contributed by atoms with Gasteiger partial charge in [0.1, 0.15) is 0 Å². The molecule has 1 N–H and O–H groups in total. The van der Waals surface area contributed by atoms with Gasteiger partial charge in [0.05, 0.1) is 16.4 Å². The molecule has 20 heavy (non-hydrogen) atoms. The number of benzene rings is 1. The van der Waals surface area contributed by atoms with Gasteiger partial charge >= 0.3 is 5.97 Å². The van der Waals surface area contributed by atoms with Gasteiger partial charge in [-0.3, -0.25) is 0 Å². The lowest BCUT2D eigenvalue weighted by molar-refractivity contribution is 0.0687. The molecule has 0 bridgehead atoms. The minimum absolute atomic E-state index is 0.0449. The first-order valence-corrected chi connectivity index (χ1v) is 7.04. The molecule has 0 unspecified atom stereocenters. The fourth-order valence-electron chi connectivity index (χ4n) is 1.90. The van der Waals surface area contributed by atoms with E-state index in [1.54, 1.807) is 18.2 Å². The second kappa shape index (κ2) is 5.18. The molecule has 7 heteroatoms. The van der Waals surface area contributed by atoms with Crippen LogP contribution in [-0.4, -0.2) is 26.1 Å². The highest BCUT2D eigenvalue weighted by Gasteiger charge is 2.29. The maximum Gasteiger partial charge on any atom is 0.358 e. The van der Waals surface area contributed by atoms with E-state index in [0.717, 1.165) is 4.47 Å². The van der Waals surface area contributed by atoms with Crippen molar-refractivity contribution in [3.63, 3.8) is 0 Å². The number of carboxylic acid groups (broad SMARTS) is 1. The molecule has 1 heterocycles. The van der Waals surface area contributed by atoms with Crippen molar-refractivity contribution in [2.24, 2.45) is 0 Å². The fourth-order valence-corrected chi connectivity index (χ4v) is 2.32. The zero-order valence-corrected chi connectivity index (χ0v) is 13.5. The number of aromatic carboxylic acids is 1. The smallest absolute Gasteiger partial charge is 0.358 e. The van der Waals surface area contributed by atoms with Gasteiger partial charge in [-0.15, -0.1) is 5.10 Å². The molecule has 0 amide bonds. The average molecular weight is 359 g/mol. The van der Waals surface area contributed by atoms with Crippen LogP contribution >= 0.6 is 27.5 Å². The molecule has 106 valence electrons. The summed E-state index contributed by atoms with van der Waals surface area (Å²) in [4.78, 5) is 11.3. The molecular formula is C13H13BrClN3O2. The highest BCUT2D eigenvalue weighted by Crippen LogP contribution is 2.30. The van der Waals surface area contributed by atoms with Gasteiger partial charge in [0.2, 0.25) is 0 Å². The van der Waals surface area contributed by atoms with Crippen LogP contribution in [0.15, 0.2) is 22.7 Å². The molecule has 0 aliphatic rings. The lowest BCUT2D eigenvalue weighted by Gasteiger charge is -2.20. The molecule has 5 nitrogen and oxygen atoms in total. The molecule has 1 aromatic heterocycles. The predicted molar refractivity (Wildman–Crippen MR) is 79.7 cm³/mol. The maximum atomic E-state index is 11.3. The summed E-state index contributed by atoms with van der Waals surface area (Å²) in [6, 6.07) is 5.29. The third kappa shape index (κ3) is 2.71. The number of hydrogen-bond donors (Lipinski definition) is 1. The monoisotopic (exact) mass is 357 g/mol. The van der Waals surface area contributed by atoms with Crippen molar-refractivity contribution in [3.8, 4) is 5.69 Å². The summed E-state index contributed by atoms with van der Waals surface area (Å²) in [7, 11) is 0. The summed E-state index contributed by atoms with van der Waals surface area (Å²) in [5, 5.41) is 17.5. The van der Waals surface area contributed by atoms with E-state index in [-0.39, 0.29) is 5.69 Å². The lowest BCUT2D eigenvalue weighted by Crippen LogP contribution is -2.21. The maximum absolute atomic E-state index is 11.3. The van der Waals surface area contributed by atoms with E-state index < -0.39 is 11.4 Å².